The average Bonchev–Trinajstić information content (AvgIpc) is 3.08. The number of hydrogen-bond donors (Lipinski definition) is 1. The first-order chi connectivity index (χ1) is 11.5. The number of nitrogens with one attached hydrogen (secondary N) is 1. The first-order valence-electron chi connectivity index (χ1n) is 7.34. The van der Waals surface area contributed by atoms with E-state index in [1.54, 1.807) is 50.2 Å². The normalized spacial score (nSPS) is 10.8. The van der Waals surface area contributed by atoms with Gasteiger partial charge in [0.1, 0.15) is 5.75 Å². The summed E-state index contributed by atoms with van der Waals surface area (Å²) in [6.07, 6.45) is 1.37. The lowest BCUT2D eigenvalue weighted by Crippen LogP contribution is -2.18. The lowest BCUT2D eigenvalue weighted by atomic mass is 10.2. The van der Waals surface area contributed by atoms with Crippen LogP contribution in [-0.2, 0) is 9.53 Å². The zero-order valence-corrected chi connectivity index (χ0v) is 14.2. The number of thiophene rings is 1. The minimum Gasteiger partial charge on any atom is -0.482 e. The molecule has 0 fully saturated rings. The highest BCUT2D eigenvalue weighted by Gasteiger charge is 2.06. The Balaban J connectivity index is 1.80. The van der Waals surface area contributed by atoms with Crippen molar-refractivity contribution in [3.63, 3.8) is 0 Å². The molecule has 0 radical (unpaired) electrons. The zero-order chi connectivity index (χ0) is 17.4. The van der Waals surface area contributed by atoms with Crippen molar-refractivity contribution in [3.8, 4) is 5.75 Å². The molecule has 0 saturated heterocycles. The van der Waals surface area contributed by atoms with Crippen LogP contribution in [0.25, 0.3) is 0 Å². The number of nitrogens with zero attached hydrogens (tertiary/aromatic N) is 1. The first-order valence-corrected chi connectivity index (χ1v) is 8.22. The van der Waals surface area contributed by atoms with Crippen LogP contribution in [-0.4, -0.2) is 30.8 Å². The van der Waals surface area contributed by atoms with Crippen LogP contribution in [0.2, 0.25) is 0 Å². The maximum Gasteiger partial charge on any atom is 0.344 e. The topological polar surface area (TPSA) is 77.0 Å². The summed E-state index contributed by atoms with van der Waals surface area (Å²) in [5, 5.41) is 5.73. The molecule has 0 aliphatic carbocycles. The van der Waals surface area contributed by atoms with Gasteiger partial charge in [0.15, 0.2) is 6.61 Å². The largest absolute Gasteiger partial charge is 0.482 e. The van der Waals surface area contributed by atoms with Crippen LogP contribution >= 0.6 is 11.3 Å². The lowest BCUT2D eigenvalue weighted by Gasteiger charge is -2.09. The van der Waals surface area contributed by atoms with Crippen molar-refractivity contribution >= 4 is 29.4 Å². The maximum absolute atomic E-state index is 11.7. The molecular weight excluding hydrogens is 328 g/mol. The molecule has 1 amide bonds. The number of amides is 1. The number of ether oxygens (including phenoxy) is 2. The first kappa shape index (κ1) is 17.7. The predicted molar refractivity (Wildman–Crippen MR) is 92.5 cm³/mol. The van der Waals surface area contributed by atoms with Crippen molar-refractivity contribution in [1.29, 1.82) is 0 Å². The van der Waals surface area contributed by atoms with E-state index in [4.69, 9.17) is 9.47 Å². The fraction of sp³-hybridized carbons (Fsp3) is 0.235. The van der Waals surface area contributed by atoms with Crippen LogP contribution in [0, 0.1) is 0 Å². The number of carbonyl (C=O) groups is 2. The van der Waals surface area contributed by atoms with Gasteiger partial charge in [-0.15, -0.1) is 11.3 Å². The standard InChI is InChI=1S/C17H18N2O4S/c1-12(2)23-16(20)11-22-14-7-5-13(6-8-14)10-18-19-17(21)15-4-3-9-24-15/h3-10,12H,11H2,1-2H3,(H,19,21)/b18-10+. The summed E-state index contributed by atoms with van der Waals surface area (Å²) < 4.78 is 10.3. The van der Waals surface area contributed by atoms with Gasteiger partial charge in [0.2, 0.25) is 0 Å². The fourth-order valence-corrected chi connectivity index (χ4v) is 2.33. The van der Waals surface area contributed by atoms with Crippen LogP contribution in [0.1, 0.15) is 29.1 Å². The molecule has 0 aliphatic heterocycles. The number of benzene rings is 1. The molecule has 0 spiro atoms. The molecule has 2 aromatic rings. The van der Waals surface area contributed by atoms with Crippen LogP contribution in [0.4, 0.5) is 0 Å². The van der Waals surface area contributed by atoms with Crippen LogP contribution < -0.4 is 10.2 Å². The van der Waals surface area contributed by atoms with Gasteiger partial charge in [-0.05, 0) is 55.1 Å². The molecule has 24 heavy (non-hydrogen) atoms. The van der Waals surface area contributed by atoms with Crippen molar-refractivity contribution in [3.05, 3.63) is 52.2 Å². The molecule has 0 aliphatic rings. The van der Waals surface area contributed by atoms with E-state index in [9.17, 15) is 9.59 Å². The molecule has 1 heterocycles. The van der Waals surface area contributed by atoms with E-state index in [0.717, 1.165) is 5.56 Å². The van der Waals surface area contributed by atoms with Crippen molar-refractivity contribution in [2.75, 3.05) is 6.61 Å². The number of esters is 1. The number of rotatable bonds is 7. The van der Waals surface area contributed by atoms with Gasteiger partial charge in [-0.1, -0.05) is 6.07 Å². The summed E-state index contributed by atoms with van der Waals surface area (Å²) in [5.74, 6) is -0.104. The molecular formula is C17H18N2O4S. The minimum absolute atomic E-state index is 0.136. The van der Waals surface area contributed by atoms with Crippen LogP contribution in [0.15, 0.2) is 46.9 Å². The molecule has 7 heteroatoms. The Hall–Kier alpha value is -2.67. The Bertz CT molecular complexity index is 694. The van der Waals surface area contributed by atoms with Crippen molar-refractivity contribution in [2.45, 2.75) is 20.0 Å². The number of carbonyl (C=O) groups excluding carboxylic acids is 2. The molecule has 0 saturated carbocycles. The smallest absolute Gasteiger partial charge is 0.344 e. The Kier molecular flexibility index (Phi) is 6.51. The second-order valence-electron chi connectivity index (χ2n) is 5.07. The van der Waals surface area contributed by atoms with E-state index in [0.29, 0.717) is 10.6 Å². The van der Waals surface area contributed by atoms with Crippen molar-refractivity contribution in [1.82, 2.24) is 5.43 Å². The molecule has 1 aromatic carbocycles. The summed E-state index contributed by atoms with van der Waals surface area (Å²) in [5.41, 5.74) is 3.25. The third kappa shape index (κ3) is 5.85. The zero-order valence-electron chi connectivity index (χ0n) is 13.4. The van der Waals surface area contributed by atoms with Crippen molar-refractivity contribution in [2.24, 2.45) is 5.10 Å². The van der Waals surface area contributed by atoms with E-state index in [1.165, 1.54) is 17.6 Å². The molecule has 0 unspecified atom stereocenters. The van der Waals surface area contributed by atoms with Crippen molar-refractivity contribution < 1.29 is 19.1 Å². The fourth-order valence-electron chi connectivity index (χ4n) is 1.72. The summed E-state index contributed by atoms with van der Waals surface area (Å²) in [4.78, 5) is 23.7. The molecule has 0 bridgehead atoms. The highest BCUT2D eigenvalue weighted by atomic mass is 32.1. The summed E-state index contributed by atoms with van der Waals surface area (Å²) in [6.45, 7) is 3.43. The van der Waals surface area contributed by atoms with E-state index < -0.39 is 5.97 Å². The highest BCUT2D eigenvalue weighted by molar-refractivity contribution is 7.12. The minimum atomic E-state index is -0.410. The summed E-state index contributed by atoms with van der Waals surface area (Å²) in [6, 6.07) is 10.5. The Morgan fingerprint density at radius 1 is 1.25 bits per heavy atom. The summed E-state index contributed by atoms with van der Waals surface area (Å²) >= 11 is 1.35. The second kappa shape index (κ2) is 8.83. The quantitative estimate of drug-likeness (QED) is 0.475. The Morgan fingerprint density at radius 3 is 2.62 bits per heavy atom. The van der Waals surface area contributed by atoms with Gasteiger partial charge < -0.3 is 9.47 Å². The van der Waals surface area contributed by atoms with Gasteiger partial charge in [-0.3, -0.25) is 4.79 Å². The van der Waals surface area contributed by atoms with Gasteiger partial charge in [0, 0.05) is 0 Å². The SMILES string of the molecule is CC(C)OC(=O)COc1ccc(/C=N/NC(=O)c2cccs2)cc1. The number of hydrogen-bond acceptors (Lipinski definition) is 6. The van der Waals surface area contributed by atoms with Gasteiger partial charge in [-0.2, -0.15) is 5.10 Å². The monoisotopic (exact) mass is 346 g/mol. The van der Waals surface area contributed by atoms with Gasteiger partial charge in [0.25, 0.3) is 5.91 Å². The average molecular weight is 346 g/mol. The van der Waals surface area contributed by atoms with E-state index in [1.807, 2.05) is 5.38 Å². The maximum atomic E-state index is 11.7. The molecule has 1 aromatic heterocycles. The van der Waals surface area contributed by atoms with Gasteiger partial charge >= 0.3 is 5.97 Å². The number of hydrazone groups is 1. The molecule has 1 N–H and O–H groups in total. The Morgan fingerprint density at radius 2 is 2.00 bits per heavy atom. The Labute approximate surface area is 144 Å². The molecule has 0 atom stereocenters. The highest BCUT2D eigenvalue weighted by Crippen LogP contribution is 2.11. The molecule has 2 rings (SSSR count). The summed E-state index contributed by atoms with van der Waals surface area (Å²) in [7, 11) is 0. The molecule has 6 nitrogen and oxygen atoms in total. The van der Waals surface area contributed by atoms with Crippen LogP contribution in [0.3, 0.4) is 0 Å². The third-order valence-corrected chi connectivity index (χ3v) is 3.60. The van der Waals surface area contributed by atoms with E-state index >= 15 is 0 Å². The second-order valence-corrected chi connectivity index (χ2v) is 6.02. The van der Waals surface area contributed by atoms with Crippen LogP contribution in [0.5, 0.6) is 5.75 Å². The lowest BCUT2D eigenvalue weighted by molar-refractivity contribution is -0.149. The third-order valence-electron chi connectivity index (χ3n) is 2.73. The van der Waals surface area contributed by atoms with Gasteiger partial charge in [-0.25, -0.2) is 10.2 Å². The van der Waals surface area contributed by atoms with Gasteiger partial charge in [0.05, 0.1) is 17.2 Å². The van der Waals surface area contributed by atoms with E-state index in [-0.39, 0.29) is 18.6 Å². The predicted octanol–water partition coefficient (Wildman–Crippen LogP) is 2.84. The molecule has 126 valence electrons. The van der Waals surface area contributed by atoms with E-state index in [2.05, 4.69) is 10.5 Å².